The summed E-state index contributed by atoms with van der Waals surface area (Å²) in [6.45, 7) is 2.12. The molecule has 0 aliphatic heterocycles. The zero-order chi connectivity index (χ0) is 16.4. The van der Waals surface area contributed by atoms with E-state index < -0.39 is 0 Å². The van der Waals surface area contributed by atoms with E-state index in [0.29, 0.717) is 6.42 Å². The van der Waals surface area contributed by atoms with E-state index in [-0.39, 0.29) is 5.91 Å². The Bertz CT molecular complexity index is 922. The second-order valence-corrected chi connectivity index (χ2v) is 7.25. The fraction of sp³-hybridized carbons (Fsp3) is 0.222. The van der Waals surface area contributed by atoms with E-state index >= 15 is 0 Å². The number of hydrogen-bond donors (Lipinski definition) is 0. The fourth-order valence-corrected chi connectivity index (χ4v) is 4.30. The van der Waals surface area contributed by atoms with E-state index in [1.165, 1.54) is 16.9 Å². The van der Waals surface area contributed by atoms with Gasteiger partial charge in [0, 0.05) is 11.5 Å². The third-order valence-electron chi connectivity index (χ3n) is 3.78. The maximum Gasteiger partial charge on any atom is 0.252 e. The Hall–Kier alpha value is -1.72. The SMILES string of the molecule is CCc1ccc(CC(=O)N=c2sc3cccc(Br)c3n2C)cc1. The Morgan fingerprint density at radius 2 is 1.87 bits per heavy atom. The minimum Gasteiger partial charge on any atom is -0.318 e. The smallest absolute Gasteiger partial charge is 0.252 e. The Morgan fingerprint density at radius 1 is 1.17 bits per heavy atom. The van der Waals surface area contributed by atoms with Crippen LogP contribution in [0.3, 0.4) is 0 Å². The van der Waals surface area contributed by atoms with Gasteiger partial charge in [-0.05, 0) is 45.6 Å². The first-order valence-corrected chi connectivity index (χ1v) is 9.09. The summed E-state index contributed by atoms with van der Waals surface area (Å²) in [6, 6.07) is 14.2. The number of rotatable bonds is 3. The van der Waals surface area contributed by atoms with Gasteiger partial charge in [-0.15, -0.1) is 0 Å². The molecule has 23 heavy (non-hydrogen) atoms. The van der Waals surface area contributed by atoms with Crippen molar-refractivity contribution in [2.45, 2.75) is 19.8 Å². The van der Waals surface area contributed by atoms with Gasteiger partial charge in [-0.25, -0.2) is 0 Å². The van der Waals surface area contributed by atoms with Gasteiger partial charge in [-0.1, -0.05) is 48.6 Å². The lowest BCUT2D eigenvalue weighted by Crippen LogP contribution is -2.14. The highest BCUT2D eigenvalue weighted by Gasteiger charge is 2.08. The first kappa shape index (κ1) is 16.1. The fourth-order valence-electron chi connectivity index (χ4n) is 2.48. The molecule has 0 N–H and O–H groups in total. The van der Waals surface area contributed by atoms with Crippen LogP contribution in [0, 0.1) is 0 Å². The van der Waals surface area contributed by atoms with Gasteiger partial charge in [-0.2, -0.15) is 4.99 Å². The molecule has 0 radical (unpaired) electrons. The molecule has 1 amide bonds. The highest BCUT2D eigenvalue weighted by molar-refractivity contribution is 9.10. The number of benzene rings is 2. The predicted octanol–water partition coefficient (Wildman–Crippen LogP) is 4.23. The summed E-state index contributed by atoms with van der Waals surface area (Å²) < 4.78 is 4.08. The average molecular weight is 389 g/mol. The summed E-state index contributed by atoms with van der Waals surface area (Å²) in [5.74, 6) is -0.118. The van der Waals surface area contributed by atoms with Crippen LogP contribution >= 0.6 is 27.3 Å². The molecule has 1 heterocycles. The number of hydrogen-bond acceptors (Lipinski definition) is 2. The van der Waals surface area contributed by atoms with E-state index in [4.69, 9.17) is 0 Å². The number of aromatic nitrogens is 1. The van der Waals surface area contributed by atoms with Gasteiger partial charge in [0.15, 0.2) is 4.80 Å². The molecule has 3 rings (SSSR count). The minimum atomic E-state index is -0.118. The third kappa shape index (κ3) is 3.46. The summed E-state index contributed by atoms with van der Waals surface area (Å²) in [5.41, 5.74) is 3.34. The lowest BCUT2D eigenvalue weighted by atomic mass is 10.1. The molecule has 0 saturated carbocycles. The van der Waals surface area contributed by atoms with Crippen molar-refractivity contribution in [2.24, 2.45) is 12.0 Å². The van der Waals surface area contributed by atoms with E-state index in [2.05, 4.69) is 40.0 Å². The molecular weight excluding hydrogens is 372 g/mol. The predicted molar refractivity (Wildman–Crippen MR) is 98.6 cm³/mol. The largest absolute Gasteiger partial charge is 0.318 e. The van der Waals surface area contributed by atoms with Gasteiger partial charge in [0.25, 0.3) is 5.91 Å². The van der Waals surface area contributed by atoms with Gasteiger partial charge in [0.2, 0.25) is 0 Å². The van der Waals surface area contributed by atoms with Gasteiger partial charge < -0.3 is 4.57 Å². The maximum absolute atomic E-state index is 12.3. The van der Waals surface area contributed by atoms with Crippen LogP contribution in [0.25, 0.3) is 10.2 Å². The second-order valence-electron chi connectivity index (χ2n) is 5.38. The molecular formula is C18H17BrN2OS. The Balaban J connectivity index is 1.90. The summed E-state index contributed by atoms with van der Waals surface area (Å²) in [7, 11) is 1.94. The van der Waals surface area contributed by atoms with Crippen LogP contribution in [-0.2, 0) is 24.7 Å². The lowest BCUT2D eigenvalue weighted by molar-refractivity contribution is -0.117. The monoisotopic (exact) mass is 388 g/mol. The molecule has 0 unspecified atom stereocenters. The molecule has 0 atom stereocenters. The van der Waals surface area contributed by atoms with E-state index in [1.54, 1.807) is 0 Å². The number of thiazole rings is 1. The molecule has 0 fully saturated rings. The van der Waals surface area contributed by atoms with Crippen LogP contribution in [0.2, 0.25) is 0 Å². The molecule has 3 aromatic rings. The molecule has 0 bridgehead atoms. The number of nitrogens with zero attached hydrogens (tertiary/aromatic N) is 2. The molecule has 0 aliphatic rings. The van der Waals surface area contributed by atoms with E-state index in [9.17, 15) is 4.79 Å². The Kier molecular flexibility index (Phi) is 4.78. The first-order valence-electron chi connectivity index (χ1n) is 7.48. The van der Waals surface area contributed by atoms with Crippen LogP contribution in [0.15, 0.2) is 51.9 Å². The average Bonchev–Trinajstić information content (AvgIpc) is 2.85. The van der Waals surface area contributed by atoms with Crippen molar-refractivity contribution < 1.29 is 4.79 Å². The van der Waals surface area contributed by atoms with Crippen molar-refractivity contribution in [1.29, 1.82) is 0 Å². The number of fused-ring (bicyclic) bond motifs is 1. The Morgan fingerprint density at radius 3 is 2.52 bits per heavy atom. The van der Waals surface area contributed by atoms with Crippen molar-refractivity contribution in [1.82, 2.24) is 4.57 Å². The van der Waals surface area contributed by atoms with E-state index in [1.807, 2.05) is 41.9 Å². The summed E-state index contributed by atoms with van der Waals surface area (Å²) in [5, 5.41) is 0. The van der Waals surface area contributed by atoms with Crippen molar-refractivity contribution >= 4 is 43.4 Å². The number of halogens is 1. The number of aryl methyl sites for hydroxylation is 2. The molecule has 118 valence electrons. The number of para-hydroxylation sites is 1. The van der Waals surface area contributed by atoms with Gasteiger partial charge in [0.1, 0.15) is 0 Å². The first-order chi connectivity index (χ1) is 11.1. The lowest BCUT2D eigenvalue weighted by Gasteiger charge is -2.00. The highest BCUT2D eigenvalue weighted by Crippen LogP contribution is 2.24. The van der Waals surface area contributed by atoms with Crippen molar-refractivity contribution in [3.63, 3.8) is 0 Å². The molecule has 0 aliphatic carbocycles. The summed E-state index contributed by atoms with van der Waals surface area (Å²) in [4.78, 5) is 17.3. The van der Waals surface area contributed by atoms with Gasteiger partial charge in [0.05, 0.1) is 16.6 Å². The van der Waals surface area contributed by atoms with E-state index in [0.717, 1.165) is 31.5 Å². The molecule has 0 spiro atoms. The minimum absolute atomic E-state index is 0.118. The second kappa shape index (κ2) is 6.81. The molecule has 5 heteroatoms. The van der Waals surface area contributed by atoms with Crippen molar-refractivity contribution in [3.05, 3.63) is 62.9 Å². The summed E-state index contributed by atoms with van der Waals surface area (Å²) >= 11 is 5.08. The zero-order valence-corrected chi connectivity index (χ0v) is 15.4. The van der Waals surface area contributed by atoms with Gasteiger partial charge >= 0.3 is 0 Å². The Labute approximate surface area is 147 Å². The molecule has 1 aromatic heterocycles. The van der Waals surface area contributed by atoms with Crippen molar-refractivity contribution in [3.8, 4) is 0 Å². The number of carbonyl (C=O) groups excluding carboxylic acids is 1. The zero-order valence-electron chi connectivity index (χ0n) is 13.0. The van der Waals surface area contributed by atoms with Gasteiger partial charge in [-0.3, -0.25) is 4.79 Å². The standard InChI is InChI=1S/C18H17BrN2OS/c1-3-12-7-9-13(10-8-12)11-16(22)20-18-21(2)17-14(19)5-4-6-15(17)23-18/h4-10H,3,11H2,1-2H3. The topological polar surface area (TPSA) is 34.4 Å². The van der Waals surface area contributed by atoms with Crippen LogP contribution in [0.4, 0.5) is 0 Å². The number of amides is 1. The maximum atomic E-state index is 12.3. The molecule has 3 nitrogen and oxygen atoms in total. The van der Waals surface area contributed by atoms with Crippen LogP contribution in [-0.4, -0.2) is 10.5 Å². The summed E-state index contributed by atoms with van der Waals surface area (Å²) in [6.07, 6.45) is 1.34. The normalized spacial score (nSPS) is 12.0. The van der Waals surface area contributed by atoms with Crippen LogP contribution < -0.4 is 4.80 Å². The van der Waals surface area contributed by atoms with Crippen LogP contribution in [0.1, 0.15) is 18.1 Å². The molecule has 2 aromatic carbocycles. The highest BCUT2D eigenvalue weighted by atomic mass is 79.9. The van der Waals surface area contributed by atoms with Crippen LogP contribution in [0.5, 0.6) is 0 Å². The third-order valence-corrected chi connectivity index (χ3v) is 5.52. The number of carbonyl (C=O) groups is 1. The molecule has 0 saturated heterocycles. The quantitative estimate of drug-likeness (QED) is 0.660. The van der Waals surface area contributed by atoms with Crippen molar-refractivity contribution in [2.75, 3.05) is 0 Å².